The Hall–Kier alpha value is -2.25. The third-order valence-electron chi connectivity index (χ3n) is 4.27. The summed E-state index contributed by atoms with van der Waals surface area (Å²) in [5, 5.41) is 19.3. The lowest BCUT2D eigenvalue weighted by atomic mass is 10.1. The summed E-state index contributed by atoms with van der Waals surface area (Å²) in [7, 11) is 0. The van der Waals surface area contributed by atoms with Crippen LogP contribution in [0.1, 0.15) is 29.8 Å². The molecule has 3 rings (SSSR count). The first-order valence-electron chi connectivity index (χ1n) is 8.37. The quantitative estimate of drug-likeness (QED) is 0.689. The molecule has 7 nitrogen and oxygen atoms in total. The predicted molar refractivity (Wildman–Crippen MR) is 90.4 cm³/mol. The topological polar surface area (TPSA) is 94.1 Å². The summed E-state index contributed by atoms with van der Waals surface area (Å²) < 4.78 is 0. The van der Waals surface area contributed by atoms with Gasteiger partial charge < -0.3 is 15.3 Å². The first kappa shape index (κ1) is 16.6. The first-order chi connectivity index (χ1) is 11.7. The van der Waals surface area contributed by atoms with E-state index in [0.717, 1.165) is 44.5 Å². The standard InChI is InChI=1S/C17H23N5O2/c23-14-4-9-22(10-5-14)8-2-7-19-17(24)16-11-15(20-21-16)13-3-1-6-18-12-13/h1,3,6,11-12,14,23H,2,4-5,7-10H2,(H,19,24)(H,20,21). The molecule has 0 aliphatic carbocycles. The minimum absolute atomic E-state index is 0.143. The number of carbonyl (C=O) groups is 1. The Morgan fingerprint density at radius 3 is 3.00 bits per heavy atom. The minimum Gasteiger partial charge on any atom is -0.393 e. The summed E-state index contributed by atoms with van der Waals surface area (Å²) in [6.07, 6.45) is 5.86. The van der Waals surface area contributed by atoms with Crippen LogP contribution in [-0.4, -0.2) is 63.4 Å². The van der Waals surface area contributed by atoms with Gasteiger partial charge in [0, 0.05) is 37.6 Å². The van der Waals surface area contributed by atoms with Crippen molar-refractivity contribution in [3.05, 3.63) is 36.3 Å². The average molecular weight is 329 g/mol. The molecule has 1 amide bonds. The molecule has 0 radical (unpaired) electrons. The highest BCUT2D eigenvalue weighted by molar-refractivity contribution is 5.93. The highest BCUT2D eigenvalue weighted by atomic mass is 16.3. The molecule has 3 N–H and O–H groups in total. The molecule has 0 unspecified atom stereocenters. The minimum atomic E-state index is -0.147. The van der Waals surface area contributed by atoms with Crippen molar-refractivity contribution in [2.75, 3.05) is 26.2 Å². The number of amides is 1. The van der Waals surface area contributed by atoms with E-state index < -0.39 is 0 Å². The summed E-state index contributed by atoms with van der Waals surface area (Å²) in [4.78, 5) is 18.5. The fraction of sp³-hybridized carbons (Fsp3) is 0.471. The van der Waals surface area contributed by atoms with Crippen LogP contribution in [0, 0.1) is 0 Å². The van der Waals surface area contributed by atoms with Crippen LogP contribution in [0.15, 0.2) is 30.6 Å². The van der Waals surface area contributed by atoms with Crippen molar-refractivity contribution in [2.24, 2.45) is 0 Å². The number of hydrogen-bond donors (Lipinski definition) is 3. The van der Waals surface area contributed by atoms with E-state index in [4.69, 9.17) is 0 Å². The van der Waals surface area contributed by atoms with Crippen molar-refractivity contribution in [1.29, 1.82) is 0 Å². The van der Waals surface area contributed by atoms with Crippen LogP contribution < -0.4 is 5.32 Å². The molecule has 0 saturated carbocycles. The fourth-order valence-corrected chi connectivity index (χ4v) is 2.84. The van der Waals surface area contributed by atoms with E-state index in [1.54, 1.807) is 18.5 Å². The van der Waals surface area contributed by atoms with Gasteiger partial charge in [0.05, 0.1) is 11.8 Å². The second-order valence-corrected chi connectivity index (χ2v) is 6.09. The van der Waals surface area contributed by atoms with E-state index >= 15 is 0 Å². The van der Waals surface area contributed by atoms with Gasteiger partial charge in [0.15, 0.2) is 0 Å². The molecule has 0 atom stereocenters. The van der Waals surface area contributed by atoms with Crippen molar-refractivity contribution in [1.82, 2.24) is 25.4 Å². The van der Waals surface area contributed by atoms with Crippen LogP contribution in [0.5, 0.6) is 0 Å². The number of nitrogens with one attached hydrogen (secondary N) is 2. The summed E-state index contributed by atoms with van der Waals surface area (Å²) in [5.74, 6) is -0.147. The second kappa shape index (κ2) is 8.03. The lowest BCUT2D eigenvalue weighted by molar-refractivity contribution is 0.0816. The monoisotopic (exact) mass is 329 g/mol. The van der Waals surface area contributed by atoms with Gasteiger partial charge in [0.2, 0.25) is 0 Å². The van der Waals surface area contributed by atoms with Gasteiger partial charge in [-0.25, -0.2) is 0 Å². The Bertz CT molecular complexity index is 650. The third-order valence-corrected chi connectivity index (χ3v) is 4.27. The number of likely N-dealkylation sites (tertiary alicyclic amines) is 1. The van der Waals surface area contributed by atoms with Gasteiger partial charge in [0.1, 0.15) is 5.69 Å². The fourth-order valence-electron chi connectivity index (χ4n) is 2.84. The van der Waals surface area contributed by atoms with E-state index in [2.05, 4.69) is 25.4 Å². The Morgan fingerprint density at radius 1 is 1.42 bits per heavy atom. The molecular weight excluding hydrogens is 306 g/mol. The molecule has 24 heavy (non-hydrogen) atoms. The smallest absolute Gasteiger partial charge is 0.269 e. The Balaban J connectivity index is 1.42. The van der Waals surface area contributed by atoms with E-state index in [1.165, 1.54) is 0 Å². The highest BCUT2D eigenvalue weighted by Gasteiger charge is 2.16. The van der Waals surface area contributed by atoms with E-state index in [-0.39, 0.29) is 12.0 Å². The number of H-pyrrole nitrogens is 1. The molecule has 0 spiro atoms. The molecule has 2 aromatic heterocycles. The number of aliphatic hydroxyl groups is 1. The lowest BCUT2D eigenvalue weighted by Gasteiger charge is -2.29. The number of pyridine rings is 1. The molecule has 0 bridgehead atoms. The summed E-state index contributed by atoms with van der Waals surface area (Å²) >= 11 is 0. The van der Waals surface area contributed by atoms with Crippen LogP contribution in [0.4, 0.5) is 0 Å². The zero-order chi connectivity index (χ0) is 16.8. The zero-order valence-corrected chi connectivity index (χ0v) is 13.6. The second-order valence-electron chi connectivity index (χ2n) is 6.09. The summed E-state index contributed by atoms with van der Waals surface area (Å²) in [6, 6.07) is 5.47. The first-order valence-corrected chi connectivity index (χ1v) is 8.37. The number of carbonyl (C=O) groups excluding carboxylic acids is 1. The number of aromatic amines is 1. The number of rotatable bonds is 6. The largest absolute Gasteiger partial charge is 0.393 e. The molecule has 1 fully saturated rings. The average Bonchev–Trinajstić information content (AvgIpc) is 3.11. The molecule has 3 heterocycles. The maximum absolute atomic E-state index is 12.1. The van der Waals surface area contributed by atoms with Crippen LogP contribution in [0.25, 0.3) is 11.3 Å². The van der Waals surface area contributed by atoms with Crippen LogP contribution in [0.3, 0.4) is 0 Å². The van der Waals surface area contributed by atoms with Crippen molar-refractivity contribution in [3.8, 4) is 11.3 Å². The normalized spacial score (nSPS) is 16.2. The van der Waals surface area contributed by atoms with Crippen molar-refractivity contribution in [2.45, 2.75) is 25.4 Å². The van der Waals surface area contributed by atoms with Crippen molar-refractivity contribution in [3.63, 3.8) is 0 Å². The van der Waals surface area contributed by atoms with Crippen molar-refractivity contribution < 1.29 is 9.90 Å². The van der Waals surface area contributed by atoms with Gasteiger partial charge in [-0.3, -0.25) is 14.9 Å². The van der Waals surface area contributed by atoms with Gasteiger partial charge in [0.25, 0.3) is 5.91 Å². The lowest BCUT2D eigenvalue weighted by Crippen LogP contribution is -2.37. The van der Waals surface area contributed by atoms with Gasteiger partial charge in [-0.05, 0) is 44.0 Å². The maximum Gasteiger partial charge on any atom is 0.269 e. The number of nitrogens with zero attached hydrogens (tertiary/aromatic N) is 3. The SMILES string of the molecule is O=C(NCCCN1CCC(O)CC1)c1cc(-c2cccnc2)n[nH]1. The molecule has 7 heteroatoms. The van der Waals surface area contributed by atoms with Gasteiger partial charge in [-0.15, -0.1) is 0 Å². The number of hydrogen-bond acceptors (Lipinski definition) is 5. The van der Waals surface area contributed by atoms with Crippen molar-refractivity contribution >= 4 is 5.91 Å². The summed E-state index contributed by atoms with van der Waals surface area (Å²) in [5.41, 5.74) is 2.04. The van der Waals surface area contributed by atoms with E-state index in [0.29, 0.717) is 17.9 Å². The van der Waals surface area contributed by atoms with Crippen LogP contribution in [0.2, 0.25) is 0 Å². The molecule has 1 aliphatic heterocycles. The van der Waals surface area contributed by atoms with Crippen LogP contribution >= 0.6 is 0 Å². The van der Waals surface area contributed by atoms with E-state index in [9.17, 15) is 9.90 Å². The zero-order valence-electron chi connectivity index (χ0n) is 13.6. The Kier molecular flexibility index (Phi) is 5.55. The highest BCUT2D eigenvalue weighted by Crippen LogP contribution is 2.15. The molecule has 2 aromatic rings. The van der Waals surface area contributed by atoms with E-state index in [1.807, 2.05) is 12.1 Å². The molecule has 128 valence electrons. The number of aliphatic hydroxyl groups excluding tert-OH is 1. The van der Waals surface area contributed by atoms with Gasteiger partial charge >= 0.3 is 0 Å². The van der Waals surface area contributed by atoms with Gasteiger partial charge in [-0.1, -0.05) is 0 Å². The number of piperidine rings is 1. The molecular formula is C17H23N5O2. The van der Waals surface area contributed by atoms with Crippen LogP contribution in [-0.2, 0) is 0 Å². The third kappa shape index (κ3) is 4.39. The Morgan fingerprint density at radius 2 is 2.25 bits per heavy atom. The molecule has 0 aromatic carbocycles. The summed E-state index contributed by atoms with van der Waals surface area (Å²) in [6.45, 7) is 3.43. The number of aromatic nitrogens is 3. The molecule has 1 aliphatic rings. The van der Waals surface area contributed by atoms with Gasteiger partial charge in [-0.2, -0.15) is 5.10 Å². The molecule has 1 saturated heterocycles. The predicted octanol–water partition coefficient (Wildman–Crippen LogP) is 1.05. The maximum atomic E-state index is 12.1. The Labute approximate surface area is 141 Å².